The van der Waals surface area contributed by atoms with E-state index >= 15 is 0 Å². The minimum absolute atomic E-state index is 0.217. The highest BCUT2D eigenvalue weighted by molar-refractivity contribution is 7.11. The van der Waals surface area contributed by atoms with E-state index in [0.29, 0.717) is 0 Å². The van der Waals surface area contributed by atoms with Gasteiger partial charge in [0.05, 0.1) is 0 Å². The van der Waals surface area contributed by atoms with Gasteiger partial charge in [-0.25, -0.2) is 0 Å². The third-order valence-corrected chi connectivity index (χ3v) is 4.59. The molecule has 1 saturated heterocycles. The SMILES string of the molecule is C1CCC(c2nnc(CCCNC3CC3)s2)OC1. The fourth-order valence-electron chi connectivity index (χ4n) is 2.27. The van der Waals surface area contributed by atoms with Crippen LogP contribution in [0.2, 0.25) is 0 Å². The van der Waals surface area contributed by atoms with Crippen molar-refractivity contribution in [3.63, 3.8) is 0 Å². The second-order valence-electron chi connectivity index (χ2n) is 5.22. The molecule has 1 aliphatic carbocycles. The molecule has 5 heteroatoms. The topological polar surface area (TPSA) is 47.0 Å². The Morgan fingerprint density at radius 2 is 2.17 bits per heavy atom. The number of nitrogens with zero attached hydrogens (tertiary/aromatic N) is 2. The lowest BCUT2D eigenvalue weighted by Gasteiger charge is -2.19. The number of aryl methyl sites for hydroxylation is 1. The molecule has 1 aromatic rings. The molecule has 100 valence electrons. The lowest BCUT2D eigenvalue weighted by Crippen LogP contribution is -2.17. The number of hydrogen-bond acceptors (Lipinski definition) is 5. The number of rotatable bonds is 6. The van der Waals surface area contributed by atoms with Gasteiger partial charge in [-0.05, 0) is 45.1 Å². The highest BCUT2D eigenvalue weighted by Gasteiger charge is 2.21. The molecular weight excluding hydrogens is 246 g/mol. The Hall–Kier alpha value is -0.520. The molecule has 1 atom stereocenters. The van der Waals surface area contributed by atoms with Gasteiger partial charge in [0.25, 0.3) is 0 Å². The molecule has 2 aliphatic rings. The average Bonchev–Trinajstić information content (AvgIpc) is 3.12. The first-order valence-corrected chi connectivity index (χ1v) is 7.91. The standard InChI is InChI=1S/C13H21N3OS/c1-2-9-17-11(4-1)13-16-15-12(18-13)5-3-8-14-10-6-7-10/h10-11,14H,1-9H2. The summed E-state index contributed by atoms with van der Waals surface area (Å²) in [5, 5.41) is 14.3. The molecule has 3 rings (SSSR count). The van der Waals surface area contributed by atoms with E-state index in [9.17, 15) is 0 Å². The summed E-state index contributed by atoms with van der Waals surface area (Å²) in [5.41, 5.74) is 0. The number of hydrogen-bond donors (Lipinski definition) is 1. The zero-order valence-corrected chi connectivity index (χ0v) is 11.5. The summed E-state index contributed by atoms with van der Waals surface area (Å²) in [6, 6.07) is 0.811. The third-order valence-electron chi connectivity index (χ3n) is 3.52. The predicted molar refractivity (Wildman–Crippen MR) is 71.8 cm³/mol. The lowest BCUT2D eigenvalue weighted by atomic mass is 10.1. The first kappa shape index (κ1) is 12.5. The van der Waals surface area contributed by atoms with Gasteiger partial charge in [0, 0.05) is 19.1 Å². The fraction of sp³-hybridized carbons (Fsp3) is 0.846. The molecule has 0 aromatic carbocycles. The van der Waals surface area contributed by atoms with E-state index in [1.807, 2.05) is 0 Å². The summed E-state index contributed by atoms with van der Waals surface area (Å²) in [6.45, 7) is 1.99. The van der Waals surface area contributed by atoms with Gasteiger partial charge in [0.1, 0.15) is 16.1 Å². The van der Waals surface area contributed by atoms with E-state index in [-0.39, 0.29) is 6.10 Å². The van der Waals surface area contributed by atoms with E-state index in [0.717, 1.165) is 48.5 Å². The molecule has 0 spiro atoms. The Bertz CT molecular complexity index is 372. The van der Waals surface area contributed by atoms with Crippen LogP contribution in [0.3, 0.4) is 0 Å². The summed E-state index contributed by atoms with van der Waals surface area (Å²) < 4.78 is 5.74. The second-order valence-corrected chi connectivity index (χ2v) is 6.31. The Labute approximate surface area is 112 Å². The molecule has 0 radical (unpaired) electrons. The lowest BCUT2D eigenvalue weighted by molar-refractivity contribution is 0.0144. The van der Waals surface area contributed by atoms with Crippen LogP contribution in [0.15, 0.2) is 0 Å². The first-order valence-electron chi connectivity index (χ1n) is 7.09. The minimum Gasteiger partial charge on any atom is -0.371 e. The van der Waals surface area contributed by atoms with Crippen LogP contribution in [-0.4, -0.2) is 29.4 Å². The van der Waals surface area contributed by atoms with Crippen molar-refractivity contribution < 1.29 is 4.74 Å². The maximum atomic E-state index is 5.74. The summed E-state index contributed by atoms with van der Waals surface area (Å²) >= 11 is 1.74. The van der Waals surface area contributed by atoms with Gasteiger partial charge in [-0.3, -0.25) is 0 Å². The van der Waals surface area contributed by atoms with Crippen LogP contribution in [-0.2, 0) is 11.2 Å². The van der Waals surface area contributed by atoms with Crippen molar-refractivity contribution in [2.75, 3.05) is 13.2 Å². The van der Waals surface area contributed by atoms with E-state index in [1.165, 1.54) is 25.7 Å². The van der Waals surface area contributed by atoms with Crippen molar-refractivity contribution in [3.05, 3.63) is 10.0 Å². The van der Waals surface area contributed by atoms with Gasteiger partial charge in [-0.2, -0.15) is 0 Å². The molecule has 0 amide bonds. The van der Waals surface area contributed by atoms with Crippen molar-refractivity contribution in [2.24, 2.45) is 0 Å². The summed E-state index contributed by atoms with van der Waals surface area (Å²) in [6.07, 6.45) is 8.71. The van der Waals surface area contributed by atoms with E-state index in [4.69, 9.17) is 4.74 Å². The van der Waals surface area contributed by atoms with Crippen molar-refractivity contribution in [1.82, 2.24) is 15.5 Å². The number of nitrogens with one attached hydrogen (secondary N) is 1. The third kappa shape index (κ3) is 3.49. The normalized spacial score (nSPS) is 24.3. The van der Waals surface area contributed by atoms with Crippen LogP contribution in [0.1, 0.15) is 54.6 Å². The highest BCUT2D eigenvalue weighted by Crippen LogP contribution is 2.30. The molecule has 1 unspecified atom stereocenters. The Balaban J connectivity index is 1.43. The molecule has 1 aliphatic heterocycles. The zero-order valence-electron chi connectivity index (χ0n) is 10.7. The summed E-state index contributed by atoms with van der Waals surface area (Å²) in [7, 11) is 0. The van der Waals surface area contributed by atoms with Gasteiger partial charge in [-0.15, -0.1) is 10.2 Å². The predicted octanol–water partition coefficient (Wildman–Crippen LogP) is 2.46. The van der Waals surface area contributed by atoms with Crippen LogP contribution in [0, 0.1) is 0 Å². The van der Waals surface area contributed by atoms with Crippen LogP contribution in [0.25, 0.3) is 0 Å². The molecule has 4 nitrogen and oxygen atoms in total. The van der Waals surface area contributed by atoms with Crippen LogP contribution in [0.4, 0.5) is 0 Å². The molecule has 0 bridgehead atoms. The largest absolute Gasteiger partial charge is 0.371 e. The van der Waals surface area contributed by atoms with Crippen molar-refractivity contribution in [1.29, 1.82) is 0 Å². The monoisotopic (exact) mass is 267 g/mol. The van der Waals surface area contributed by atoms with Crippen molar-refractivity contribution >= 4 is 11.3 Å². The number of aromatic nitrogens is 2. The first-order chi connectivity index (χ1) is 8.92. The average molecular weight is 267 g/mol. The quantitative estimate of drug-likeness (QED) is 0.804. The van der Waals surface area contributed by atoms with E-state index in [1.54, 1.807) is 11.3 Å². The van der Waals surface area contributed by atoms with Gasteiger partial charge in [0.2, 0.25) is 0 Å². The molecule has 2 fully saturated rings. The van der Waals surface area contributed by atoms with Crippen LogP contribution < -0.4 is 5.32 Å². The summed E-state index contributed by atoms with van der Waals surface area (Å²) in [4.78, 5) is 0. The Morgan fingerprint density at radius 3 is 2.94 bits per heavy atom. The highest BCUT2D eigenvalue weighted by atomic mass is 32.1. The molecule has 1 N–H and O–H groups in total. The van der Waals surface area contributed by atoms with Gasteiger partial charge in [0.15, 0.2) is 0 Å². The molecule has 18 heavy (non-hydrogen) atoms. The zero-order chi connectivity index (χ0) is 12.2. The molecule has 2 heterocycles. The van der Waals surface area contributed by atoms with Gasteiger partial charge < -0.3 is 10.1 Å². The minimum atomic E-state index is 0.217. The molecule has 1 aromatic heterocycles. The Kier molecular flexibility index (Phi) is 4.23. The molecular formula is C13H21N3OS. The second kappa shape index (κ2) is 6.08. The van der Waals surface area contributed by atoms with Gasteiger partial charge >= 0.3 is 0 Å². The number of ether oxygens (including phenoxy) is 1. The van der Waals surface area contributed by atoms with E-state index < -0.39 is 0 Å². The smallest absolute Gasteiger partial charge is 0.146 e. The Morgan fingerprint density at radius 1 is 1.22 bits per heavy atom. The van der Waals surface area contributed by atoms with Crippen LogP contribution >= 0.6 is 11.3 Å². The maximum Gasteiger partial charge on any atom is 0.146 e. The van der Waals surface area contributed by atoms with Crippen molar-refractivity contribution in [2.45, 2.75) is 57.1 Å². The maximum absolute atomic E-state index is 5.74. The fourth-order valence-corrected chi connectivity index (χ4v) is 3.23. The van der Waals surface area contributed by atoms with Gasteiger partial charge in [-0.1, -0.05) is 11.3 Å². The molecule has 1 saturated carbocycles. The van der Waals surface area contributed by atoms with Crippen LogP contribution in [0.5, 0.6) is 0 Å². The summed E-state index contributed by atoms with van der Waals surface area (Å²) in [5.74, 6) is 0. The van der Waals surface area contributed by atoms with Crippen molar-refractivity contribution in [3.8, 4) is 0 Å². The van der Waals surface area contributed by atoms with E-state index in [2.05, 4.69) is 15.5 Å².